The molecule has 0 saturated heterocycles. The first kappa shape index (κ1) is 13.8. The van der Waals surface area contributed by atoms with Crippen molar-refractivity contribution < 1.29 is 25.6 Å². The normalized spacial score (nSPS) is 12.4. The van der Waals surface area contributed by atoms with Gasteiger partial charge in [-0.2, -0.15) is 8.42 Å². The van der Waals surface area contributed by atoms with Gasteiger partial charge in [0.25, 0.3) is 14.7 Å². The molecular formula is C6H3ClFNO6S2. The Morgan fingerprint density at radius 3 is 1.94 bits per heavy atom. The molecule has 17 heavy (non-hydrogen) atoms. The molecule has 1 rings (SSSR count). The summed E-state index contributed by atoms with van der Waals surface area (Å²) in [5.41, 5.74) is -0.900. The van der Waals surface area contributed by atoms with E-state index in [0.29, 0.717) is 18.2 Å². The molecule has 0 fully saturated rings. The van der Waals surface area contributed by atoms with Crippen LogP contribution in [0.2, 0.25) is 0 Å². The molecule has 0 unspecified atom stereocenters. The number of halogens is 2. The second-order valence-electron chi connectivity index (χ2n) is 2.80. The molecule has 7 nitrogen and oxygen atoms in total. The molecule has 0 radical (unpaired) electrons. The molecular weight excluding hydrogens is 301 g/mol. The van der Waals surface area contributed by atoms with Crippen LogP contribution in [0.3, 0.4) is 0 Å². The highest BCUT2D eigenvalue weighted by Crippen LogP contribution is 2.26. The first-order valence-corrected chi connectivity index (χ1v) is 7.40. The van der Waals surface area contributed by atoms with Crippen molar-refractivity contribution in [3.63, 3.8) is 0 Å². The molecule has 0 heterocycles. The molecule has 0 bridgehead atoms. The van der Waals surface area contributed by atoms with Crippen molar-refractivity contribution in [1.82, 2.24) is 0 Å². The summed E-state index contributed by atoms with van der Waals surface area (Å²) in [6, 6.07) is 1.31. The number of nitrogens with zero attached hydrogens (tertiary/aromatic N) is 1. The van der Waals surface area contributed by atoms with Crippen LogP contribution in [0, 0.1) is 10.1 Å². The highest BCUT2D eigenvalue weighted by atomic mass is 35.7. The lowest BCUT2D eigenvalue weighted by atomic mass is 10.3. The number of benzene rings is 1. The maximum atomic E-state index is 12.6. The summed E-state index contributed by atoms with van der Waals surface area (Å²) in [6.45, 7) is 0. The molecule has 0 aromatic heterocycles. The fraction of sp³-hybridized carbons (Fsp3) is 0. The SMILES string of the molecule is O=[N+]([O-])c1cc(S(=O)(=O)F)cc(S(=O)(=O)Cl)c1. The summed E-state index contributed by atoms with van der Waals surface area (Å²) in [4.78, 5) is 7.32. The Morgan fingerprint density at radius 2 is 1.59 bits per heavy atom. The van der Waals surface area contributed by atoms with Crippen LogP contribution in [0.15, 0.2) is 28.0 Å². The van der Waals surface area contributed by atoms with Gasteiger partial charge in [-0.1, -0.05) is 0 Å². The van der Waals surface area contributed by atoms with Crippen LogP contribution >= 0.6 is 10.7 Å². The smallest absolute Gasteiger partial charge is 0.258 e. The molecule has 1 aromatic carbocycles. The molecule has 11 heteroatoms. The molecule has 0 N–H and O–H groups in total. The molecule has 0 spiro atoms. The predicted octanol–water partition coefficient (Wildman–Crippen LogP) is 1.18. The number of rotatable bonds is 3. The van der Waals surface area contributed by atoms with Gasteiger partial charge in [0.2, 0.25) is 0 Å². The minimum absolute atomic E-state index is 0.390. The minimum atomic E-state index is -5.27. The van der Waals surface area contributed by atoms with Gasteiger partial charge < -0.3 is 0 Å². The van der Waals surface area contributed by atoms with Crippen LogP contribution in [-0.4, -0.2) is 21.8 Å². The highest BCUT2D eigenvalue weighted by molar-refractivity contribution is 8.13. The Bertz CT molecular complexity index is 632. The van der Waals surface area contributed by atoms with E-state index in [1.54, 1.807) is 0 Å². The molecule has 0 aliphatic carbocycles. The molecule has 0 aliphatic heterocycles. The van der Waals surface area contributed by atoms with Gasteiger partial charge in [0.1, 0.15) is 4.90 Å². The van der Waals surface area contributed by atoms with E-state index in [4.69, 9.17) is 10.7 Å². The second kappa shape index (κ2) is 4.20. The van der Waals surface area contributed by atoms with Crippen molar-refractivity contribution in [3.8, 4) is 0 Å². The number of nitro groups is 1. The van der Waals surface area contributed by atoms with Crippen LogP contribution in [0.1, 0.15) is 0 Å². The largest absolute Gasteiger partial charge is 0.332 e. The summed E-state index contributed by atoms with van der Waals surface area (Å²) in [7, 11) is -4.78. The van der Waals surface area contributed by atoms with Crippen LogP contribution in [0.4, 0.5) is 9.57 Å². The van der Waals surface area contributed by atoms with E-state index in [0.717, 1.165) is 0 Å². The Balaban J connectivity index is 3.68. The zero-order valence-electron chi connectivity index (χ0n) is 7.70. The number of non-ortho nitro benzene ring substituents is 1. The van der Waals surface area contributed by atoms with Crippen LogP contribution < -0.4 is 0 Å². The first-order valence-electron chi connectivity index (χ1n) is 3.70. The van der Waals surface area contributed by atoms with E-state index < -0.39 is 39.7 Å². The highest BCUT2D eigenvalue weighted by Gasteiger charge is 2.23. The van der Waals surface area contributed by atoms with Crippen LogP contribution in [-0.2, 0) is 19.3 Å². The number of hydrogen-bond acceptors (Lipinski definition) is 6. The van der Waals surface area contributed by atoms with Crippen LogP contribution in [0.5, 0.6) is 0 Å². The summed E-state index contributed by atoms with van der Waals surface area (Å²) >= 11 is 0. The number of nitro benzene ring substituents is 1. The fourth-order valence-electron chi connectivity index (χ4n) is 0.944. The average Bonchev–Trinajstić information content (AvgIpc) is 2.14. The van der Waals surface area contributed by atoms with Crippen molar-refractivity contribution in [1.29, 1.82) is 0 Å². The third-order valence-corrected chi connectivity index (χ3v) is 3.77. The van der Waals surface area contributed by atoms with E-state index >= 15 is 0 Å². The van der Waals surface area contributed by atoms with E-state index in [9.17, 15) is 30.8 Å². The first-order chi connectivity index (χ1) is 7.51. The van der Waals surface area contributed by atoms with E-state index in [-0.39, 0.29) is 0 Å². The van der Waals surface area contributed by atoms with Gasteiger partial charge in [0.05, 0.1) is 9.82 Å². The lowest BCUT2D eigenvalue weighted by molar-refractivity contribution is -0.385. The average molecular weight is 304 g/mol. The van der Waals surface area contributed by atoms with E-state index in [2.05, 4.69) is 0 Å². The van der Waals surface area contributed by atoms with Gasteiger partial charge in [-0.25, -0.2) is 8.42 Å². The van der Waals surface area contributed by atoms with Crippen molar-refractivity contribution in [3.05, 3.63) is 28.3 Å². The van der Waals surface area contributed by atoms with Gasteiger partial charge >= 0.3 is 10.2 Å². The maximum Gasteiger partial charge on any atom is 0.332 e. The summed E-state index contributed by atoms with van der Waals surface area (Å²) in [5, 5.41) is 10.4. The molecule has 0 aliphatic rings. The fourth-order valence-corrected chi connectivity index (χ4v) is 2.34. The van der Waals surface area contributed by atoms with Crippen molar-refractivity contribution in [2.24, 2.45) is 0 Å². The topological polar surface area (TPSA) is 111 Å². The van der Waals surface area contributed by atoms with Gasteiger partial charge in [-0.3, -0.25) is 10.1 Å². The zero-order chi connectivity index (χ0) is 13.4. The quantitative estimate of drug-likeness (QED) is 0.471. The van der Waals surface area contributed by atoms with Crippen molar-refractivity contribution in [2.75, 3.05) is 0 Å². The summed E-state index contributed by atoms with van der Waals surface area (Å²) < 4.78 is 55.6. The molecule has 94 valence electrons. The van der Waals surface area contributed by atoms with Gasteiger partial charge in [0, 0.05) is 22.8 Å². The lowest BCUT2D eigenvalue weighted by Gasteiger charge is -2.00. The van der Waals surface area contributed by atoms with Crippen molar-refractivity contribution >= 4 is 35.6 Å². The number of hydrogen-bond donors (Lipinski definition) is 0. The van der Waals surface area contributed by atoms with Gasteiger partial charge in [-0.05, 0) is 6.07 Å². The minimum Gasteiger partial charge on any atom is -0.258 e. The Hall–Kier alpha value is -1.26. The monoisotopic (exact) mass is 303 g/mol. The summed E-state index contributed by atoms with van der Waals surface area (Å²) in [6.07, 6.45) is 0. The third kappa shape index (κ3) is 3.35. The Kier molecular flexibility index (Phi) is 3.41. The van der Waals surface area contributed by atoms with E-state index in [1.807, 2.05) is 0 Å². The molecule has 1 aromatic rings. The lowest BCUT2D eigenvalue weighted by Crippen LogP contribution is -1.99. The van der Waals surface area contributed by atoms with Crippen molar-refractivity contribution in [2.45, 2.75) is 9.79 Å². The second-order valence-corrected chi connectivity index (χ2v) is 6.71. The standard InChI is InChI=1S/C6H3ClFNO6S2/c7-16(12,13)5-1-4(9(10)11)2-6(3-5)17(8,14)15/h1-3H. The third-order valence-electron chi connectivity index (χ3n) is 1.64. The zero-order valence-corrected chi connectivity index (χ0v) is 10.1. The Labute approximate surface area is 99.6 Å². The van der Waals surface area contributed by atoms with Gasteiger partial charge in [0.15, 0.2) is 0 Å². The maximum absolute atomic E-state index is 12.6. The Morgan fingerprint density at radius 1 is 1.12 bits per heavy atom. The molecule has 0 amide bonds. The van der Waals surface area contributed by atoms with Gasteiger partial charge in [-0.15, -0.1) is 3.89 Å². The molecule has 0 saturated carbocycles. The van der Waals surface area contributed by atoms with Crippen LogP contribution in [0.25, 0.3) is 0 Å². The van der Waals surface area contributed by atoms with E-state index in [1.165, 1.54) is 0 Å². The summed E-state index contributed by atoms with van der Waals surface area (Å²) in [5.74, 6) is 0. The molecule has 0 atom stereocenters. The predicted molar refractivity (Wildman–Crippen MR) is 54.4 cm³/mol.